The van der Waals surface area contributed by atoms with Crippen molar-refractivity contribution < 1.29 is 0 Å². The van der Waals surface area contributed by atoms with Crippen molar-refractivity contribution in [2.75, 3.05) is 0 Å². The molecule has 1 aliphatic carbocycles. The molecule has 1 aromatic heterocycles. The van der Waals surface area contributed by atoms with Crippen LogP contribution >= 0.6 is 15.9 Å². The second-order valence-electron chi connectivity index (χ2n) is 4.28. The van der Waals surface area contributed by atoms with Gasteiger partial charge in [0, 0.05) is 21.1 Å². The van der Waals surface area contributed by atoms with Crippen LogP contribution in [0.5, 0.6) is 0 Å². The molecule has 0 bridgehead atoms. The molecule has 1 atom stereocenters. The summed E-state index contributed by atoms with van der Waals surface area (Å²) in [5.74, 6) is 0.0509. The minimum atomic E-state index is 0.0509. The molecule has 0 radical (unpaired) electrons. The lowest BCUT2D eigenvalue weighted by atomic mass is 9.88. The minimum absolute atomic E-state index is 0.0509. The Kier molecular flexibility index (Phi) is 2.26. The number of hydrogen-bond acceptors (Lipinski definition) is 1. The van der Waals surface area contributed by atoms with E-state index in [2.05, 4.69) is 39.1 Å². The zero-order valence-electron chi connectivity index (χ0n) is 8.76. The molecule has 0 fully saturated rings. The SMILES string of the molecule is N#C[C@H]1CCCc2c1[nH]c1ccc(Br)cc21. The van der Waals surface area contributed by atoms with E-state index < -0.39 is 0 Å². The number of rotatable bonds is 0. The largest absolute Gasteiger partial charge is 0.357 e. The van der Waals surface area contributed by atoms with Crippen LogP contribution in [-0.2, 0) is 6.42 Å². The van der Waals surface area contributed by atoms with Crippen LogP contribution in [0.15, 0.2) is 22.7 Å². The van der Waals surface area contributed by atoms with E-state index in [0.717, 1.165) is 34.9 Å². The van der Waals surface area contributed by atoms with Crippen LogP contribution < -0.4 is 0 Å². The van der Waals surface area contributed by atoms with Crippen LogP contribution in [0.3, 0.4) is 0 Å². The van der Waals surface area contributed by atoms with Gasteiger partial charge in [-0.15, -0.1) is 0 Å². The average molecular weight is 275 g/mol. The molecule has 3 rings (SSSR count). The van der Waals surface area contributed by atoms with Gasteiger partial charge in [0.25, 0.3) is 0 Å². The summed E-state index contributed by atoms with van der Waals surface area (Å²) in [6.45, 7) is 0. The molecule has 1 aromatic carbocycles. The van der Waals surface area contributed by atoms with Gasteiger partial charge in [-0.1, -0.05) is 15.9 Å². The van der Waals surface area contributed by atoms with Gasteiger partial charge in [-0.3, -0.25) is 0 Å². The second kappa shape index (κ2) is 3.64. The summed E-state index contributed by atoms with van der Waals surface area (Å²) < 4.78 is 1.10. The Balaban J connectivity index is 2.30. The number of nitrogens with one attached hydrogen (secondary N) is 1. The topological polar surface area (TPSA) is 39.6 Å². The molecular weight excluding hydrogens is 264 g/mol. The zero-order chi connectivity index (χ0) is 11.1. The summed E-state index contributed by atoms with van der Waals surface area (Å²) in [6.07, 6.45) is 3.19. The molecule has 1 heterocycles. The van der Waals surface area contributed by atoms with Gasteiger partial charge in [0.15, 0.2) is 0 Å². The Bertz CT molecular complexity index is 592. The maximum absolute atomic E-state index is 9.14. The van der Waals surface area contributed by atoms with E-state index in [1.807, 2.05) is 6.07 Å². The molecule has 80 valence electrons. The van der Waals surface area contributed by atoms with Crippen molar-refractivity contribution in [2.24, 2.45) is 0 Å². The number of halogens is 1. The molecule has 0 saturated heterocycles. The predicted octanol–water partition coefficient (Wildman–Crippen LogP) is 3.87. The Morgan fingerprint density at radius 3 is 3.12 bits per heavy atom. The van der Waals surface area contributed by atoms with Crippen LogP contribution in [0.4, 0.5) is 0 Å². The molecule has 1 N–H and O–H groups in total. The number of aromatic nitrogens is 1. The molecule has 1 aliphatic rings. The number of hydrogen-bond donors (Lipinski definition) is 1. The van der Waals surface area contributed by atoms with Gasteiger partial charge in [-0.2, -0.15) is 5.26 Å². The first kappa shape index (κ1) is 9.92. The molecule has 16 heavy (non-hydrogen) atoms. The normalized spacial score (nSPS) is 19.4. The molecule has 0 unspecified atom stereocenters. The number of aromatic amines is 1. The highest BCUT2D eigenvalue weighted by atomic mass is 79.9. The summed E-state index contributed by atoms with van der Waals surface area (Å²) in [7, 11) is 0. The van der Waals surface area contributed by atoms with Crippen molar-refractivity contribution in [1.82, 2.24) is 4.98 Å². The van der Waals surface area contributed by atoms with E-state index in [4.69, 9.17) is 5.26 Å². The van der Waals surface area contributed by atoms with Crippen molar-refractivity contribution in [3.05, 3.63) is 33.9 Å². The molecule has 0 spiro atoms. The van der Waals surface area contributed by atoms with Gasteiger partial charge in [-0.25, -0.2) is 0 Å². The van der Waals surface area contributed by atoms with Crippen molar-refractivity contribution in [3.63, 3.8) is 0 Å². The molecular formula is C13H11BrN2. The highest BCUT2D eigenvalue weighted by molar-refractivity contribution is 9.10. The maximum atomic E-state index is 9.14. The Morgan fingerprint density at radius 2 is 2.31 bits per heavy atom. The highest BCUT2D eigenvalue weighted by Crippen LogP contribution is 2.36. The third-order valence-electron chi connectivity index (χ3n) is 3.33. The van der Waals surface area contributed by atoms with Gasteiger partial charge >= 0.3 is 0 Å². The lowest BCUT2D eigenvalue weighted by Crippen LogP contribution is -2.06. The summed E-state index contributed by atoms with van der Waals surface area (Å²) in [5, 5.41) is 10.4. The first-order chi connectivity index (χ1) is 7.79. The number of nitrogens with zero attached hydrogens (tertiary/aromatic N) is 1. The fraction of sp³-hybridized carbons (Fsp3) is 0.308. The fourth-order valence-corrected chi connectivity index (χ4v) is 2.93. The predicted molar refractivity (Wildman–Crippen MR) is 67.3 cm³/mol. The lowest BCUT2D eigenvalue weighted by molar-refractivity contribution is 0.629. The van der Waals surface area contributed by atoms with Gasteiger partial charge < -0.3 is 4.98 Å². The van der Waals surface area contributed by atoms with Crippen LogP contribution in [0.2, 0.25) is 0 Å². The van der Waals surface area contributed by atoms with E-state index in [0.29, 0.717) is 0 Å². The highest BCUT2D eigenvalue weighted by Gasteiger charge is 2.23. The summed E-state index contributed by atoms with van der Waals surface area (Å²) in [4.78, 5) is 3.40. The van der Waals surface area contributed by atoms with Crippen LogP contribution in [0.25, 0.3) is 10.9 Å². The molecule has 0 aliphatic heterocycles. The van der Waals surface area contributed by atoms with Gasteiger partial charge in [0.1, 0.15) is 0 Å². The minimum Gasteiger partial charge on any atom is -0.357 e. The summed E-state index contributed by atoms with van der Waals surface area (Å²) >= 11 is 3.50. The van der Waals surface area contributed by atoms with Crippen molar-refractivity contribution >= 4 is 26.8 Å². The van der Waals surface area contributed by atoms with E-state index in [9.17, 15) is 0 Å². The number of aryl methyl sites for hydroxylation is 1. The van der Waals surface area contributed by atoms with Crippen LogP contribution in [-0.4, -0.2) is 4.98 Å². The van der Waals surface area contributed by atoms with Gasteiger partial charge in [-0.05, 0) is 43.0 Å². The molecule has 2 aromatic rings. The molecule has 2 nitrogen and oxygen atoms in total. The van der Waals surface area contributed by atoms with Crippen molar-refractivity contribution in [1.29, 1.82) is 5.26 Å². The molecule has 0 saturated carbocycles. The number of fused-ring (bicyclic) bond motifs is 3. The summed E-state index contributed by atoms with van der Waals surface area (Å²) in [6, 6.07) is 8.64. The average Bonchev–Trinajstić information content (AvgIpc) is 2.67. The maximum Gasteiger partial charge on any atom is 0.0865 e. The quantitative estimate of drug-likeness (QED) is 0.778. The van der Waals surface area contributed by atoms with E-state index in [-0.39, 0.29) is 5.92 Å². The fourth-order valence-electron chi connectivity index (χ4n) is 2.56. The number of nitriles is 1. The van der Waals surface area contributed by atoms with Crippen molar-refractivity contribution in [3.8, 4) is 6.07 Å². The number of benzene rings is 1. The second-order valence-corrected chi connectivity index (χ2v) is 5.20. The van der Waals surface area contributed by atoms with Gasteiger partial charge in [0.05, 0.1) is 12.0 Å². The smallest absolute Gasteiger partial charge is 0.0865 e. The summed E-state index contributed by atoms with van der Waals surface area (Å²) in [5.41, 5.74) is 3.63. The molecule has 3 heteroatoms. The standard InChI is InChI=1S/C13H11BrN2/c14-9-4-5-12-11(6-9)10-3-1-2-8(7-15)13(10)16-12/h4-6,8,16H,1-3H2/t8-/m1/s1. The monoisotopic (exact) mass is 274 g/mol. The van der Waals surface area contributed by atoms with E-state index in [1.54, 1.807) is 0 Å². The third kappa shape index (κ3) is 1.37. The van der Waals surface area contributed by atoms with Crippen LogP contribution in [0.1, 0.15) is 30.0 Å². The third-order valence-corrected chi connectivity index (χ3v) is 3.82. The van der Waals surface area contributed by atoms with Crippen LogP contribution in [0, 0.1) is 11.3 Å². The van der Waals surface area contributed by atoms with E-state index >= 15 is 0 Å². The molecule has 0 amide bonds. The Hall–Kier alpha value is -1.27. The lowest BCUT2D eigenvalue weighted by Gasteiger charge is -2.16. The first-order valence-electron chi connectivity index (χ1n) is 5.49. The Morgan fingerprint density at radius 1 is 1.44 bits per heavy atom. The first-order valence-corrected chi connectivity index (χ1v) is 6.28. The zero-order valence-corrected chi connectivity index (χ0v) is 10.3. The van der Waals surface area contributed by atoms with Gasteiger partial charge in [0.2, 0.25) is 0 Å². The number of H-pyrrole nitrogens is 1. The van der Waals surface area contributed by atoms with E-state index in [1.165, 1.54) is 10.9 Å². The Labute approximate surface area is 102 Å². The van der Waals surface area contributed by atoms with Crippen molar-refractivity contribution in [2.45, 2.75) is 25.2 Å².